The molecule has 3 heterocycles. The zero-order valence-corrected chi connectivity index (χ0v) is 13.4. The number of aromatic nitrogens is 3. The molecular weight excluding hydrogens is 280 g/mol. The van der Waals surface area contributed by atoms with Gasteiger partial charge in [-0.05, 0) is 33.1 Å². The number of hydrogen-bond acceptors (Lipinski definition) is 4. The molecule has 1 aromatic heterocycles. The second kappa shape index (κ2) is 5.05. The van der Waals surface area contributed by atoms with Gasteiger partial charge in [-0.2, -0.15) is 0 Å². The van der Waals surface area contributed by atoms with Crippen molar-refractivity contribution >= 4 is 5.91 Å². The van der Waals surface area contributed by atoms with E-state index >= 15 is 0 Å². The van der Waals surface area contributed by atoms with Gasteiger partial charge < -0.3 is 14.2 Å². The molecule has 1 atom stereocenters. The average Bonchev–Trinajstić information content (AvgIpc) is 3.24. The highest BCUT2D eigenvalue weighted by Crippen LogP contribution is 2.40. The second-order valence-electron chi connectivity index (χ2n) is 7.46. The molecule has 1 unspecified atom stereocenters. The maximum absolute atomic E-state index is 12.9. The van der Waals surface area contributed by atoms with Gasteiger partial charge in [0.1, 0.15) is 11.6 Å². The number of fused-ring (bicyclic) bond motifs is 1. The maximum Gasteiger partial charge on any atom is 0.227 e. The van der Waals surface area contributed by atoms with E-state index in [1.807, 2.05) is 4.90 Å². The third kappa shape index (κ3) is 2.53. The number of rotatable bonds is 2. The smallest absolute Gasteiger partial charge is 0.227 e. The largest absolute Gasteiger partial charge is 0.372 e. The fourth-order valence-corrected chi connectivity index (χ4v) is 3.66. The van der Waals surface area contributed by atoms with Crippen molar-refractivity contribution < 1.29 is 9.53 Å². The summed E-state index contributed by atoms with van der Waals surface area (Å²) < 4.78 is 7.93. The van der Waals surface area contributed by atoms with Crippen molar-refractivity contribution in [2.75, 3.05) is 19.7 Å². The quantitative estimate of drug-likeness (QED) is 0.827. The van der Waals surface area contributed by atoms with Crippen LogP contribution in [-0.2, 0) is 22.5 Å². The first-order valence-electron chi connectivity index (χ1n) is 8.38. The molecule has 1 aromatic rings. The Bertz CT molecular complexity index is 591. The highest BCUT2D eigenvalue weighted by molar-refractivity contribution is 5.79. The minimum Gasteiger partial charge on any atom is -0.372 e. The monoisotopic (exact) mass is 304 g/mol. The van der Waals surface area contributed by atoms with Crippen molar-refractivity contribution in [2.45, 2.75) is 57.6 Å². The Labute approximate surface area is 130 Å². The molecule has 1 saturated carbocycles. The standard InChI is InChI=1S/C16H24N4O2/c1-16(2)10-19(7-8-22-16)15(21)12-5-6-13-17-18-14(11-3-4-11)20(13)9-12/h11-12H,3-10H2,1-2H3. The molecule has 0 radical (unpaired) electrons. The van der Waals surface area contributed by atoms with E-state index in [1.54, 1.807) is 0 Å². The Kier molecular flexibility index (Phi) is 3.25. The van der Waals surface area contributed by atoms with E-state index < -0.39 is 0 Å². The van der Waals surface area contributed by atoms with Crippen LogP contribution < -0.4 is 0 Å². The number of hydrogen-bond donors (Lipinski definition) is 0. The lowest BCUT2D eigenvalue weighted by molar-refractivity contribution is -0.151. The van der Waals surface area contributed by atoms with E-state index in [4.69, 9.17) is 4.74 Å². The van der Waals surface area contributed by atoms with Crippen LogP contribution in [0.5, 0.6) is 0 Å². The van der Waals surface area contributed by atoms with Crippen molar-refractivity contribution in [3.63, 3.8) is 0 Å². The predicted molar refractivity (Wildman–Crippen MR) is 80.4 cm³/mol. The third-order valence-electron chi connectivity index (χ3n) is 5.00. The zero-order chi connectivity index (χ0) is 15.3. The van der Waals surface area contributed by atoms with E-state index in [2.05, 4.69) is 28.6 Å². The van der Waals surface area contributed by atoms with Crippen LogP contribution in [0, 0.1) is 5.92 Å². The number of amides is 1. The summed E-state index contributed by atoms with van der Waals surface area (Å²) in [4.78, 5) is 14.9. The summed E-state index contributed by atoms with van der Waals surface area (Å²) in [5, 5.41) is 8.67. The van der Waals surface area contributed by atoms with E-state index in [0.717, 1.165) is 31.0 Å². The molecule has 0 aromatic carbocycles. The minimum atomic E-state index is -0.233. The van der Waals surface area contributed by atoms with Gasteiger partial charge in [0.05, 0.1) is 18.1 Å². The van der Waals surface area contributed by atoms with Crippen LogP contribution in [0.1, 0.15) is 50.7 Å². The van der Waals surface area contributed by atoms with Gasteiger partial charge in [-0.25, -0.2) is 0 Å². The Balaban J connectivity index is 1.49. The number of nitrogens with zero attached hydrogens (tertiary/aromatic N) is 4. The maximum atomic E-state index is 12.9. The van der Waals surface area contributed by atoms with Crippen LogP contribution in [-0.4, -0.2) is 50.9 Å². The van der Waals surface area contributed by atoms with Crippen LogP contribution in [0.15, 0.2) is 0 Å². The number of ether oxygens (including phenoxy) is 1. The first kappa shape index (κ1) is 14.2. The van der Waals surface area contributed by atoms with E-state index in [1.165, 1.54) is 12.8 Å². The molecule has 3 aliphatic rings. The third-order valence-corrected chi connectivity index (χ3v) is 5.00. The lowest BCUT2D eigenvalue weighted by Crippen LogP contribution is -2.52. The van der Waals surface area contributed by atoms with Gasteiger partial charge in [-0.3, -0.25) is 4.79 Å². The van der Waals surface area contributed by atoms with Crippen LogP contribution >= 0.6 is 0 Å². The molecule has 0 spiro atoms. The molecule has 2 aliphatic heterocycles. The summed E-state index contributed by atoms with van der Waals surface area (Å²) in [5.74, 6) is 3.09. The van der Waals surface area contributed by atoms with Crippen molar-refractivity contribution in [1.82, 2.24) is 19.7 Å². The van der Waals surface area contributed by atoms with Gasteiger partial charge in [-0.15, -0.1) is 10.2 Å². The molecule has 0 bridgehead atoms. The molecule has 6 nitrogen and oxygen atoms in total. The van der Waals surface area contributed by atoms with Crippen molar-refractivity contribution in [2.24, 2.45) is 5.92 Å². The molecule has 1 aliphatic carbocycles. The van der Waals surface area contributed by atoms with Gasteiger partial charge in [0, 0.05) is 32.0 Å². The van der Waals surface area contributed by atoms with Gasteiger partial charge in [0.2, 0.25) is 5.91 Å². The van der Waals surface area contributed by atoms with Gasteiger partial charge in [-0.1, -0.05) is 0 Å². The Hall–Kier alpha value is -1.43. The predicted octanol–water partition coefficient (Wildman–Crippen LogP) is 1.36. The lowest BCUT2D eigenvalue weighted by atomic mass is 9.96. The normalized spacial score (nSPS) is 27.5. The molecule has 1 saturated heterocycles. The SMILES string of the molecule is CC1(C)CN(C(=O)C2CCc3nnc(C4CC4)n3C2)CCO1. The van der Waals surface area contributed by atoms with Crippen molar-refractivity contribution in [3.8, 4) is 0 Å². The van der Waals surface area contributed by atoms with Crippen LogP contribution in [0.4, 0.5) is 0 Å². The average molecular weight is 304 g/mol. The van der Waals surface area contributed by atoms with E-state index in [9.17, 15) is 4.79 Å². The number of carbonyl (C=O) groups excluding carboxylic acids is 1. The molecule has 4 rings (SSSR count). The highest BCUT2D eigenvalue weighted by Gasteiger charge is 2.37. The Morgan fingerprint density at radius 3 is 2.82 bits per heavy atom. The highest BCUT2D eigenvalue weighted by atomic mass is 16.5. The van der Waals surface area contributed by atoms with Crippen LogP contribution in [0.2, 0.25) is 0 Å². The van der Waals surface area contributed by atoms with Gasteiger partial charge in [0.15, 0.2) is 0 Å². The molecule has 2 fully saturated rings. The van der Waals surface area contributed by atoms with Gasteiger partial charge in [0.25, 0.3) is 0 Å². The fraction of sp³-hybridized carbons (Fsp3) is 0.812. The topological polar surface area (TPSA) is 60.2 Å². The number of morpholine rings is 1. The van der Waals surface area contributed by atoms with E-state index in [-0.39, 0.29) is 17.4 Å². The Morgan fingerprint density at radius 2 is 2.09 bits per heavy atom. The molecule has 0 N–H and O–H groups in total. The molecule has 1 amide bonds. The molecule has 120 valence electrons. The summed E-state index contributed by atoms with van der Waals surface area (Å²) in [6.07, 6.45) is 4.19. The van der Waals surface area contributed by atoms with E-state index in [0.29, 0.717) is 25.6 Å². The summed E-state index contributed by atoms with van der Waals surface area (Å²) in [6.45, 7) is 6.89. The van der Waals surface area contributed by atoms with Gasteiger partial charge >= 0.3 is 0 Å². The first-order chi connectivity index (χ1) is 10.5. The summed E-state index contributed by atoms with van der Waals surface area (Å²) in [7, 11) is 0. The summed E-state index contributed by atoms with van der Waals surface area (Å²) in [5.41, 5.74) is -0.233. The fourth-order valence-electron chi connectivity index (χ4n) is 3.66. The lowest BCUT2D eigenvalue weighted by Gasteiger charge is -2.40. The minimum absolute atomic E-state index is 0.0647. The van der Waals surface area contributed by atoms with Crippen molar-refractivity contribution in [3.05, 3.63) is 11.6 Å². The summed E-state index contributed by atoms with van der Waals surface area (Å²) >= 11 is 0. The number of carbonyl (C=O) groups is 1. The molecule has 6 heteroatoms. The number of aryl methyl sites for hydroxylation is 1. The second-order valence-corrected chi connectivity index (χ2v) is 7.46. The van der Waals surface area contributed by atoms with Crippen LogP contribution in [0.3, 0.4) is 0 Å². The molecule has 22 heavy (non-hydrogen) atoms. The van der Waals surface area contributed by atoms with Crippen molar-refractivity contribution in [1.29, 1.82) is 0 Å². The summed E-state index contributed by atoms with van der Waals surface area (Å²) in [6, 6.07) is 0. The zero-order valence-electron chi connectivity index (χ0n) is 13.4. The first-order valence-corrected chi connectivity index (χ1v) is 8.38. The molecular formula is C16H24N4O2. The Morgan fingerprint density at radius 1 is 1.27 bits per heavy atom. The van der Waals surface area contributed by atoms with Crippen LogP contribution in [0.25, 0.3) is 0 Å².